The Morgan fingerprint density at radius 1 is 0.958 bits per heavy atom. The van der Waals surface area contributed by atoms with Crippen LogP contribution in [0.4, 0.5) is 17.6 Å². The Bertz CT molecular complexity index is 806. The zero-order valence-corrected chi connectivity index (χ0v) is 13.4. The molecule has 0 bridgehead atoms. The van der Waals surface area contributed by atoms with Crippen LogP contribution in [0, 0.1) is 23.3 Å². The Kier molecular flexibility index (Phi) is 4.74. The van der Waals surface area contributed by atoms with Gasteiger partial charge < -0.3 is 0 Å². The minimum absolute atomic E-state index is 0.00691. The number of halogens is 4. The van der Waals surface area contributed by atoms with Crippen molar-refractivity contribution in [3.8, 4) is 11.1 Å². The highest BCUT2D eigenvalue weighted by Crippen LogP contribution is 2.35. The van der Waals surface area contributed by atoms with Crippen LogP contribution in [0.25, 0.3) is 11.1 Å². The summed E-state index contributed by atoms with van der Waals surface area (Å²) in [5.41, 5.74) is 2.00. The van der Waals surface area contributed by atoms with Gasteiger partial charge in [0, 0.05) is 0 Å². The molecule has 0 unspecified atom stereocenters. The van der Waals surface area contributed by atoms with Crippen molar-refractivity contribution in [2.24, 2.45) is 0 Å². The van der Waals surface area contributed by atoms with Crippen LogP contribution in [-0.4, -0.2) is 0 Å². The highest BCUT2D eigenvalue weighted by molar-refractivity contribution is 5.67. The van der Waals surface area contributed by atoms with Crippen molar-refractivity contribution >= 4 is 0 Å². The fourth-order valence-electron chi connectivity index (χ4n) is 3.16. The van der Waals surface area contributed by atoms with Crippen molar-refractivity contribution in [3.05, 3.63) is 70.3 Å². The summed E-state index contributed by atoms with van der Waals surface area (Å²) >= 11 is 0. The van der Waals surface area contributed by atoms with Gasteiger partial charge in [0.05, 0.1) is 5.56 Å². The van der Waals surface area contributed by atoms with Gasteiger partial charge in [-0.1, -0.05) is 31.1 Å². The van der Waals surface area contributed by atoms with Gasteiger partial charge in [0.1, 0.15) is 11.6 Å². The predicted molar refractivity (Wildman–Crippen MR) is 86.7 cm³/mol. The molecule has 2 aromatic carbocycles. The number of allylic oxidation sites excluding steroid dienone is 2. The van der Waals surface area contributed by atoms with E-state index in [-0.39, 0.29) is 11.1 Å². The van der Waals surface area contributed by atoms with E-state index in [9.17, 15) is 17.6 Å². The zero-order chi connectivity index (χ0) is 17.3. The SMILES string of the molecule is CCCCC1=CCc2c(cc(F)c(-c3ccc(F)c(F)c3)c2F)C1. The largest absolute Gasteiger partial charge is 0.206 e. The van der Waals surface area contributed by atoms with Crippen LogP contribution >= 0.6 is 0 Å². The lowest BCUT2D eigenvalue weighted by Crippen LogP contribution is -2.09. The summed E-state index contributed by atoms with van der Waals surface area (Å²) in [7, 11) is 0. The highest BCUT2D eigenvalue weighted by Gasteiger charge is 2.22. The lowest BCUT2D eigenvalue weighted by atomic mass is 9.86. The smallest absolute Gasteiger partial charge is 0.159 e. The van der Waals surface area contributed by atoms with Crippen LogP contribution in [-0.2, 0) is 12.8 Å². The van der Waals surface area contributed by atoms with Crippen LogP contribution in [0.1, 0.15) is 37.3 Å². The van der Waals surface area contributed by atoms with Gasteiger partial charge in [-0.25, -0.2) is 17.6 Å². The van der Waals surface area contributed by atoms with Gasteiger partial charge in [0.2, 0.25) is 0 Å². The minimum Gasteiger partial charge on any atom is -0.206 e. The van der Waals surface area contributed by atoms with Crippen LogP contribution in [0.2, 0.25) is 0 Å². The minimum atomic E-state index is -1.12. The average Bonchev–Trinajstić information content (AvgIpc) is 2.56. The second-order valence-electron chi connectivity index (χ2n) is 6.16. The molecule has 126 valence electrons. The third-order valence-corrected chi connectivity index (χ3v) is 4.48. The van der Waals surface area contributed by atoms with Gasteiger partial charge in [0.25, 0.3) is 0 Å². The van der Waals surface area contributed by atoms with E-state index in [1.807, 2.05) is 6.08 Å². The van der Waals surface area contributed by atoms with Gasteiger partial charge >= 0.3 is 0 Å². The molecule has 0 saturated heterocycles. The van der Waals surface area contributed by atoms with E-state index in [1.54, 1.807) is 0 Å². The second kappa shape index (κ2) is 6.80. The maximum Gasteiger partial charge on any atom is 0.159 e. The Labute approximate surface area is 138 Å². The van der Waals surface area contributed by atoms with E-state index < -0.39 is 23.3 Å². The highest BCUT2D eigenvalue weighted by atomic mass is 19.2. The first-order chi connectivity index (χ1) is 11.5. The molecule has 0 radical (unpaired) electrons. The third-order valence-electron chi connectivity index (χ3n) is 4.48. The summed E-state index contributed by atoms with van der Waals surface area (Å²) in [5.74, 6) is -3.58. The molecule has 0 aliphatic heterocycles. The monoisotopic (exact) mass is 334 g/mol. The first-order valence-electron chi connectivity index (χ1n) is 8.14. The number of benzene rings is 2. The van der Waals surface area contributed by atoms with Gasteiger partial charge in [-0.3, -0.25) is 0 Å². The van der Waals surface area contributed by atoms with E-state index >= 15 is 0 Å². The second-order valence-corrected chi connectivity index (χ2v) is 6.16. The molecule has 0 nitrogen and oxygen atoms in total. The molecular formula is C20H18F4. The number of unbranched alkanes of at least 4 members (excludes halogenated alkanes) is 1. The number of hydrogen-bond acceptors (Lipinski definition) is 0. The molecule has 0 fully saturated rings. The fourth-order valence-corrected chi connectivity index (χ4v) is 3.16. The molecule has 0 atom stereocenters. The van der Waals surface area contributed by atoms with Crippen molar-refractivity contribution in [2.75, 3.05) is 0 Å². The topological polar surface area (TPSA) is 0 Å². The number of rotatable bonds is 4. The van der Waals surface area contributed by atoms with Gasteiger partial charge in [-0.05, 0) is 60.6 Å². The van der Waals surface area contributed by atoms with Crippen molar-refractivity contribution in [2.45, 2.75) is 39.0 Å². The van der Waals surface area contributed by atoms with E-state index in [2.05, 4.69) is 6.92 Å². The van der Waals surface area contributed by atoms with E-state index in [0.717, 1.165) is 31.4 Å². The van der Waals surface area contributed by atoms with E-state index in [4.69, 9.17) is 0 Å². The number of fused-ring (bicyclic) bond motifs is 1. The summed E-state index contributed by atoms with van der Waals surface area (Å²) in [6, 6.07) is 4.23. The van der Waals surface area contributed by atoms with Gasteiger partial charge in [-0.15, -0.1) is 0 Å². The molecule has 4 heteroatoms. The van der Waals surface area contributed by atoms with Gasteiger partial charge in [-0.2, -0.15) is 0 Å². The Morgan fingerprint density at radius 2 is 1.75 bits per heavy atom. The predicted octanol–water partition coefficient (Wildman–Crippen LogP) is 6.13. The lowest BCUT2D eigenvalue weighted by molar-refractivity contribution is 0.508. The zero-order valence-electron chi connectivity index (χ0n) is 13.4. The Balaban J connectivity index is 2.01. The Morgan fingerprint density at radius 3 is 2.46 bits per heavy atom. The lowest BCUT2D eigenvalue weighted by Gasteiger charge is -2.20. The summed E-state index contributed by atoms with van der Waals surface area (Å²) in [4.78, 5) is 0. The molecule has 1 aliphatic carbocycles. The van der Waals surface area contributed by atoms with Crippen molar-refractivity contribution < 1.29 is 17.6 Å². The normalized spacial score (nSPS) is 13.6. The average molecular weight is 334 g/mol. The van der Waals surface area contributed by atoms with Crippen molar-refractivity contribution in [1.29, 1.82) is 0 Å². The third kappa shape index (κ3) is 3.10. The maximum atomic E-state index is 14.8. The van der Waals surface area contributed by atoms with Crippen LogP contribution in [0.15, 0.2) is 35.9 Å². The quantitative estimate of drug-likeness (QED) is 0.466. The molecular weight excluding hydrogens is 316 g/mol. The van der Waals surface area contributed by atoms with E-state index in [1.165, 1.54) is 17.7 Å². The summed E-state index contributed by atoms with van der Waals surface area (Å²) in [6.07, 6.45) is 6.00. The summed E-state index contributed by atoms with van der Waals surface area (Å²) < 4.78 is 55.8. The fraction of sp³-hybridized carbons (Fsp3) is 0.300. The molecule has 2 aromatic rings. The van der Waals surface area contributed by atoms with E-state index in [0.29, 0.717) is 24.0 Å². The van der Waals surface area contributed by atoms with Crippen LogP contribution < -0.4 is 0 Å². The summed E-state index contributed by atoms with van der Waals surface area (Å²) in [5, 5.41) is 0. The molecule has 3 rings (SSSR count). The molecule has 1 aliphatic rings. The first-order valence-corrected chi connectivity index (χ1v) is 8.14. The molecule has 0 saturated carbocycles. The van der Waals surface area contributed by atoms with Gasteiger partial charge in [0.15, 0.2) is 11.6 Å². The molecule has 24 heavy (non-hydrogen) atoms. The van der Waals surface area contributed by atoms with Crippen molar-refractivity contribution in [3.63, 3.8) is 0 Å². The first kappa shape index (κ1) is 16.7. The standard InChI is InChI=1S/C20H18F4/c1-2-3-4-12-5-7-15-14(9-12)11-18(23)19(20(15)24)13-6-8-16(21)17(22)10-13/h5-6,8,10-11H,2-4,7,9H2,1H3. The van der Waals surface area contributed by atoms with Crippen LogP contribution in [0.5, 0.6) is 0 Å². The van der Waals surface area contributed by atoms with Crippen LogP contribution in [0.3, 0.4) is 0 Å². The molecule has 0 N–H and O–H groups in total. The molecule has 0 amide bonds. The summed E-state index contributed by atoms with van der Waals surface area (Å²) in [6.45, 7) is 2.10. The molecule has 0 spiro atoms. The number of hydrogen-bond donors (Lipinski definition) is 0. The Hall–Kier alpha value is -2.10. The molecule has 0 aromatic heterocycles. The molecule has 0 heterocycles. The maximum absolute atomic E-state index is 14.8. The van der Waals surface area contributed by atoms with Crippen molar-refractivity contribution in [1.82, 2.24) is 0 Å².